The lowest BCUT2D eigenvalue weighted by Crippen LogP contribution is -2.26. The highest BCUT2D eigenvalue weighted by Gasteiger charge is 2.24. The number of aliphatic hydroxyl groups is 1. The van der Waals surface area contributed by atoms with Crippen LogP contribution >= 0.6 is 0 Å². The SMILES string of the molecule is COC(C)(C)CCC1CCCCCC1O. The first kappa shape index (κ1) is 13.0. The second-order valence-electron chi connectivity index (χ2n) is 5.47. The largest absolute Gasteiger partial charge is 0.393 e. The fraction of sp³-hybridized carbons (Fsp3) is 1.00. The third-order valence-electron chi connectivity index (χ3n) is 3.79. The minimum Gasteiger partial charge on any atom is -0.393 e. The molecule has 0 amide bonds. The van der Waals surface area contributed by atoms with Gasteiger partial charge in [0.05, 0.1) is 11.7 Å². The van der Waals surface area contributed by atoms with Crippen molar-refractivity contribution in [3.63, 3.8) is 0 Å². The van der Waals surface area contributed by atoms with Crippen LogP contribution in [0.15, 0.2) is 0 Å². The maximum atomic E-state index is 9.98. The Kier molecular flexibility index (Phi) is 5.07. The molecule has 0 heterocycles. The van der Waals surface area contributed by atoms with E-state index >= 15 is 0 Å². The molecule has 1 rings (SSSR count). The van der Waals surface area contributed by atoms with Crippen molar-refractivity contribution < 1.29 is 9.84 Å². The van der Waals surface area contributed by atoms with Crippen LogP contribution < -0.4 is 0 Å². The molecule has 1 N–H and O–H groups in total. The molecular weight excluding hydrogens is 188 g/mol. The van der Waals surface area contributed by atoms with Crippen molar-refractivity contribution >= 4 is 0 Å². The molecule has 2 unspecified atom stereocenters. The minimum atomic E-state index is -0.0693. The van der Waals surface area contributed by atoms with Crippen LogP contribution in [0.2, 0.25) is 0 Å². The molecule has 1 aliphatic carbocycles. The summed E-state index contributed by atoms with van der Waals surface area (Å²) in [5.74, 6) is 0.502. The number of aliphatic hydroxyl groups excluding tert-OH is 1. The van der Waals surface area contributed by atoms with Crippen LogP contribution in [0.25, 0.3) is 0 Å². The van der Waals surface area contributed by atoms with Crippen molar-refractivity contribution in [2.75, 3.05) is 7.11 Å². The lowest BCUT2D eigenvalue weighted by Gasteiger charge is -2.27. The molecule has 90 valence electrons. The summed E-state index contributed by atoms with van der Waals surface area (Å²) in [4.78, 5) is 0. The highest BCUT2D eigenvalue weighted by atomic mass is 16.5. The molecule has 0 spiro atoms. The third kappa shape index (κ3) is 4.52. The van der Waals surface area contributed by atoms with E-state index in [0.717, 1.165) is 19.3 Å². The average molecular weight is 214 g/mol. The van der Waals surface area contributed by atoms with E-state index in [4.69, 9.17) is 4.74 Å². The Balaban J connectivity index is 2.35. The predicted octanol–water partition coefficient (Wildman–Crippen LogP) is 3.13. The fourth-order valence-corrected chi connectivity index (χ4v) is 2.34. The number of rotatable bonds is 4. The smallest absolute Gasteiger partial charge is 0.0622 e. The van der Waals surface area contributed by atoms with Gasteiger partial charge in [-0.3, -0.25) is 0 Å². The van der Waals surface area contributed by atoms with Gasteiger partial charge in [-0.1, -0.05) is 19.3 Å². The second kappa shape index (κ2) is 5.86. The Hall–Kier alpha value is -0.0800. The van der Waals surface area contributed by atoms with E-state index in [2.05, 4.69) is 13.8 Å². The maximum Gasteiger partial charge on any atom is 0.0622 e. The monoisotopic (exact) mass is 214 g/mol. The Morgan fingerprint density at radius 2 is 1.87 bits per heavy atom. The molecule has 0 bridgehead atoms. The molecule has 1 aliphatic rings. The summed E-state index contributed by atoms with van der Waals surface area (Å²) in [6, 6.07) is 0. The van der Waals surface area contributed by atoms with Gasteiger partial charge in [-0.15, -0.1) is 0 Å². The topological polar surface area (TPSA) is 29.5 Å². The summed E-state index contributed by atoms with van der Waals surface area (Å²) >= 11 is 0. The number of hydrogen-bond acceptors (Lipinski definition) is 2. The van der Waals surface area contributed by atoms with Crippen molar-refractivity contribution in [2.45, 2.75) is 70.5 Å². The van der Waals surface area contributed by atoms with Crippen LogP contribution in [0.5, 0.6) is 0 Å². The maximum absolute atomic E-state index is 9.98. The van der Waals surface area contributed by atoms with Gasteiger partial charge < -0.3 is 9.84 Å². The van der Waals surface area contributed by atoms with E-state index in [1.807, 2.05) is 0 Å². The molecule has 0 aromatic heterocycles. The van der Waals surface area contributed by atoms with E-state index in [0.29, 0.717) is 5.92 Å². The van der Waals surface area contributed by atoms with Gasteiger partial charge in [-0.25, -0.2) is 0 Å². The molecule has 0 aromatic rings. The summed E-state index contributed by atoms with van der Waals surface area (Å²) in [5.41, 5.74) is -0.0357. The Labute approximate surface area is 94.0 Å². The van der Waals surface area contributed by atoms with Gasteiger partial charge in [0.1, 0.15) is 0 Å². The van der Waals surface area contributed by atoms with E-state index in [1.54, 1.807) is 7.11 Å². The molecule has 1 saturated carbocycles. The third-order valence-corrected chi connectivity index (χ3v) is 3.79. The van der Waals surface area contributed by atoms with Crippen LogP contribution in [0.4, 0.5) is 0 Å². The summed E-state index contributed by atoms with van der Waals surface area (Å²) in [7, 11) is 1.77. The number of ether oxygens (including phenoxy) is 1. The summed E-state index contributed by atoms with van der Waals surface area (Å²) in [6.45, 7) is 4.24. The van der Waals surface area contributed by atoms with Gasteiger partial charge >= 0.3 is 0 Å². The van der Waals surface area contributed by atoms with Crippen LogP contribution in [0, 0.1) is 5.92 Å². The van der Waals surface area contributed by atoms with E-state index in [-0.39, 0.29) is 11.7 Å². The Morgan fingerprint density at radius 3 is 2.53 bits per heavy atom. The van der Waals surface area contributed by atoms with Crippen LogP contribution in [0.3, 0.4) is 0 Å². The highest BCUT2D eigenvalue weighted by molar-refractivity contribution is 4.77. The van der Waals surface area contributed by atoms with Gasteiger partial charge in [-0.2, -0.15) is 0 Å². The molecule has 0 aliphatic heterocycles. The van der Waals surface area contributed by atoms with Crippen molar-refractivity contribution in [1.82, 2.24) is 0 Å². The van der Waals surface area contributed by atoms with E-state index < -0.39 is 0 Å². The van der Waals surface area contributed by atoms with Crippen molar-refractivity contribution in [1.29, 1.82) is 0 Å². The lowest BCUT2D eigenvalue weighted by molar-refractivity contribution is 0.00171. The van der Waals surface area contributed by atoms with E-state index in [1.165, 1.54) is 25.7 Å². The van der Waals surface area contributed by atoms with Crippen molar-refractivity contribution in [3.8, 4) is 0 Å². The highest BCUT2D eigenvalue weighted by Crippen LogP contribution is 2.29. The first-order valence-corrected chi connectivity index (χ1v) is 6.28. The number of hydrogen-bond donors (Lipinski definition) is 1. The van der Waals surface area contributed by atoms with Gasteiger partial charge in [0.2, 0.25) is 0 Å². The standard InChI is InChI=1S/C13H26O2/c1-13(2,15-3)10-9-11-7-5-4-6-8-12(11)14/h11-12,14H,4-10H2,1-3H3. The van der Waals surface area contributed by atoms with Gasteiger partial charge in [0.25, 0.3) is 0 Å². The summed E-state index contributed by atoms with van der Waals surface area (Å²) in [5, 5.41) is 9.98. The Bertz CT molecular complexity index is 177. The van der Waals surface area contributed by atoms with Gasteiger partial charge in [-0.05, 0) is 45.4 Å². The summed E-state index contributed by atoms with van der Waals surface area (Å²) in [6.07, 6.45) is 8.05. The number of methoxy groups -OCH3 is 1. The molecule has 2 atom stereocenters. The van der Waals surface area contributed by atoms with Crippen LogP contribution in [0.1, 0.15) is 58.8 Å². The molecular formula is C13H26O2. The average Bonchev–Trinajstić information content (AvgIpc) is 2.40. The molecule has 0 radical (unpaired) electrons. The van der Waals surface area contributed by atoms with E-state index in [9.17, 15) is 5.11 Å². The normalized spacial score (nSPS) is 28.8. The first-order valence-electron chi connectivity index (χ1n) is 6.28. The molecule has 1 fully saturated rings. The van der Waals surface area contributed by atoms with Crippen molar-refractivity contribution in [2.24, 2.45) is 5.92 Å². The molecule has 15 heavy (non-hydrogen) atoms. The molecule has 2 heteroatoms. The van der Waals surface area contributed by atoms with Gasteiger partial charge in [0, 0.05) is 7.11 Å². The Morgan fingerprint density at radius 1 is 1.20 bits per heavy atom. The molecule has 0 aromatic carbocycles. The van der Waals surface area contributed by atoms with Crippen molar-refractivity contribution in [3.05, 3.63) is 0 Å². The minimum absolute atomic E-state index is 0.0357. The van der Waals surface area contributed by atoms with Gasteiger partial charge in [0.15, 0.2) is 0 Å². The zero-order valence-corrected chi connectivity index (χ0v) is 10.5. The molecule has 2 nitrogen and oxygen atoms in total. The summed E-state index contributed by atoms with van der Waals surface area (Å²) < 4.78 is 5.41. The lowest BCUT2D eigenvalue weighted by atomic mass is 9.88. The predicted molar refractivity (Wildman–Crippen MR) is 62.9 cm³/mol. The zero-order chi connectivity index (χ0) is 11.3. The molecule has 0 saturated heterocycles. The van der Waals surface area contributed by atoms with Crippen LogP contribution in [-0.2, 0) is 4.74 Å². The zero-order valence-electron chi connectivity index (χ0n) is 10.5. The second-order valence-corrected chi connectivity index (χ2v) is 5.47. The first-order chi connectivity index (χ1) is 7.05. The quantitative estimate of drug-likeness (QED) is 0.729. The van der Waals surface area contributed by atoms with Crippen LogP contribution in [-0.4, -0.2) is 23.9 Å². The fourth-order valence-electron chi connectivity index (χ4n) is 2.34.